The highest BCUT2D eigenvalue weighted by Gasteiger charge is 2.48. The Balaban J connectivity index is 1.80. The smallest absolute Gasteiger partial charge is 0.228 e. The third-order valence-electron chi connectivity index (χ3n) is 4.13. The minimum absolute atomic E-state index is 0.0120. The molecule has 104 valence electrons. The number of anilines is 1. The van der Waals surface area contributed by atoms with E-state index in [2.05, 4.69) is 5.32 Å². The average molecular weight is 291 g/mol. The van der Waals surface area contributed by atoms with Gasteiger partial charge in [0.05, 0.1) is 5.92 Å². The van der Waals surface area contributed by atoms with E-state index < -0.39 is 17.8 Å². The molecule has 20 heavy (non-hydrogen) atoms. The van der Waals surface area contributed by atoms with Crippen molar-refractivity contribution in [3.05, 3.63) is 41.4 Å². The van der Waals surface area contributed by atoms with E-state index >= 15 is 0 Å². The molecule has 1 saturated carbocycles. The van der Waals surface area contributed by atoms with E-state index in [0.717, 1.165) is 0 Å². The highest BCUT2D eigenvalue weighted by Crippen LogP contribution is 2.48. The molecule has 1 aromatic rings. The van der Waals surface area contributed by atoms with E-state index in [1.165, 1.54) is 0 Å². The van der Waals surface area contributed by atoms with E-state index in [1.54, 1.807) is 24.3 Å². The van der Waals surface area contributed by atoms with Crippen molar-refractivity contribution in [2.24, 2.45) is 23.7 Å². The second-order valence-corrected chi connectivity index (χ2v) is 5.75. The molecule has 4 atom stereocenters. The Kier molecular flexibility index (Phi) is 3.26. The van der Waals surface area contributed by atoms with Crippen LogP contribution < -0.4 is 10.4 Å². The lowest BCUT2D eigenvalue weighted by molar-refractivity contribution is -0.313. The molecule has 1 amide bonds. The number of aliphatic carboxylic acids is 1. The topological polar surface area (TPSA) is 69.2 Å². The molecule has 1 N–H and O–H groups in total. The summed E-state index contributed by atoms with van der Waals surface area (Å²) in [6.45, 7) is 0. The second kappa shape index (κ2) is 4.94. The number of carbonyl (C=O) groups excluding carboxylic acids is 2. The number of hydrogen-bond donors (Lipinski definition) is 1. The molecule has 2 aliphatic rings. The van der Waals surface area contributed by atoms with Gasteiger partial charge in [-0.15, -0.1) is 0 Å². The van der Waals surface area contributed by atoms with Crippen molar-refractivity contribution < 1.29 is 14.7 Å². The minimum Gasteiger partial charge on any atom is -0.550 e. The van der Waals surface area contributed by atoms with Crippen molar-refractivity contribution in [2.75, 3.05) is 5.32 Å². The monoisotopic (exact) mass is 290 g/mol. The van der Waals surface area contributed by atoms with Crippen molar-refractivity contribution in [3.63, 3.8) is 0 Å². The molecule has 2 bridgehead atoms. The lowest BCUT2D eigenvalue weighted by Gasteiger charge is -2.27. The van der Waals surface area contributed by atoms with E-state index in [1.807, 2.05) is 12.2 Å². The molecule has 1 fully saturated rings. The van der Waals surface area contributed by atoms with Crippen LogP contribution in [0, 0.1) is 23.7 Å². The third kappa shape index (κ3) is 2.20. The first kappa shape index (κ1) is 13.2. The van der Waals surface area contributed by atoms with E-state index in [9.17, 15) is 14.7 Å². The number of nitrogens with one attached hydrogen (secondary N) is 1. The zero-order chi connectivity index (χ0) is 14.3. The molecular weight excluding hydrogens is 278 g/mol. The molecule has 0 heterocycles. The van der Waals surface area contributed by atoms with E-state index in [0.29, 0.717) is 17.1 Å². The molecule has 0 aromatic heterocycles. The van der Waals surface area contributed by atoms with Gasteiger partial charge in [0, 0.05) is 22.6 Å². The van der Waals surface area contributed by atoms with E-state index in [-0.39, 0.29) is 17.7 Å². The van der Waals surface area contributed by atoms with Gasteiger partial charge in [-0.05, 0) is 36.5 Å². The summed E-state index contributed by atoms with van der Waals surface area (Å²) in [5.74, 6) is -2.81. The van der Waals surface area contributed by atoms with Gasteiger partial charge in [0.15, 0.2) is 0 Å². The summed E-state index contributed by atoms with van der Waals surface area (Å²) in [7, 11) is 0. The van der Waals surface area contributed by atoms with Crippen molar-refractivity contribution in [2.45, 2.75) is 6.42 Å². The Morgan fingerprint density at radius 3 is 2.55 bits per heavy atom. The Bertz CT molecular complexity index is 599. The molecule has 0 radical (unpaired) electrons. The molecule has 4 nitrogen and oxygen atoms in total. The maximum absolute atomic E-state index is 12.4. The quantitative estimate of drug-likeness (QED) is 0.857. The van der Waals surface area contributed by atoms with Crippen LogP contribution in [0.15, 0.2) is 36.4 Å². The van der Waals surface area contributed by atoms with Crippen LogP contribution in [0.4, 0.5) is 5.69 Å². The Hall–Kier alpha value is -1.81. The predicted octanol–water partition coefficient (Wildman–Crippen LogP) is 1.47. The summed E-state index contributed by atoms with van der Waals surface area (Å²) in [6, 6.07) is 6.80. The fourth-order valence-electron chi connectivity index (χ4n) is 3.29. The lowest BCUT2D eigenvalue weighted by atomic mass is 9.82. The van der Waals surface area contributed by atoms with Crippen LogP contribution in [0.25, 0.3) is 0 Å². The van der Waals surface area contributed by atoms with Crippen molar-refractivity contribution in [3.8, 4) is 0 Å². The predicted molar refractivity (Wildman–Crippen MR) is 72.8 cm³/mol. The van der Waals surface area contributed by atoms with Gasteiger partial charge in [-0.1, -0.05) is 29.8 Å². The van der Waals surface area contributed by atoms with Crippen LogP contribution in [-0.2, 0) is 9.59 Å². The fraction of sp³-hybridized carbons (Fsp3) is 0.333. The molecular formula is C15H13ClNO3-. The molecule has 0 spiro atoms. The van der Waals surface area contributed by atoms with Crippen LogP contribution in [0.5, 0.6) is 0 Å². The van der Waals surface area contributed by atoms with E-state index in [4.69, 9.17) is 11.6 Å². The first-order chi connectivity index (χ1) is 9.56. The number of hydrogen-bond acceptors (Lipinski definition) is 3. The summed E-state index contributed by atoms with van der Waals surface area (Å²) in [4.78, 5) is 23.6. The Morgan fingerprint density at radius 1 is 1.20 bits per heavy atom. The summed E-state index contributed by atoms with van der Waals surface area (Å²) < 4.78 is 0. The average Bonchev–Trinajstić information content (AvgIpc) is 2.98. The highest BCUT2D eigenvalue weighted by atomic mass is 35.5. The van der Waals surface area contributed by atoms with Gasteiger partial charge >= 0.3 is 0 Å². The number of rotatable bonds is 3. The molecule has 0 unspecified atom stereocenters. The molecule has 0 saturated heterocycles. The van der Waals surface area contributed by atoms with Gasteiger partial charge in [0.2, 0.25) is 5.91 Å². The second-order valence-electron chi connectivity index (χ2n) is 5.32. The Labute approximate surface area is 121 Å². The van der Waals surface area contributed by atoms with Crippen LogP contribution >= 0.6 is 11.6 Å². The first-order valence-electron chi connectivity index (χ1n) is 6.52. The molecule has 5 heteroatoms. The third-order valence-corrected chi connectivity index (χ3v) is 4.36. The molecule has 0 aliphatic heterocycles. The highest BCUT2D eigenvalue weighted by molar-refractivity contribution is 6.30. The summed E-state index contributed by atoms with van der Waals surface area (Å²) >= 11 is 5.86. The van der Waals surface area contributed by atoms with Crippen molar-refractivity contribution in [1.29, 1.82) is 0 Å². The van der Waals surface area contributed by atoms with Gasteiger partial charge in [0.1, 0.15) is 0 Å². The number of benzene rings is 1. The zero-order valence-electron chi connectivity index (χ0n) is 10.6. The number of allylic oxidation sites excluding steroid dienone is 2. The number of fused-ring (bicyclic) bond motifs is 2. The maximum atomic E-state index is 12.4. The minimum atomic E-state index is -1.15. The SMILES string of the molecule is O=C(Nc1cccc(Cl)c1)[C@@H]1[C@@H](C(=O)[O-])[C@H]2C=C[C@@H]1C2. The number of carbonyl (C=O) groups is 2. The number of amides is 1. The van der Waals surface area contributed by atoms with Gasteiger partial charge in [0.25, 0.3) is 0 Å². The van der Waals surface area contributed by atoms with Crippen LogP contribution in [-0.4, -0.2) is 11.9 Å². The fourth-order valence-corrected chi connectivity index (χ4v) is 3.48. The van der Waals surface area contributed by atoms with Crippen molar-refractivity contribution >= 4 is 29.2 Å². The van der Waals surface area contributed by atoms with Crippen molar-refractivity contribution in [1.82, 2.24) is 0 Å². The lowest BCUT2D eigenvalue weighted by Crippen LogP contribution is -2.42. The molecule has 3 rings (SSSR count). The number of carboxylic acid groups (broad SMARTS) is 1. The van der Waals surface area contributed by atoms with Crippen LogP contribution in [0.3, 0.4) is 0 Å². The summed E-state index contributed by atoms with van der Waals surface area (Å²) in [5, 5.41) is 14.5. The zero-order valence-corrected chi connectivity index (χ0v) is 11.3. The maximum Gasteiger partial charge on any atom is 0.228 e. The van der Waals surface area contributed by atoms with Crippen LogP contribution in [0.1, 0.15) is 6.42 Å². The Morgan fingerprint density at radius 2 is 1.90 bits per heavy atom. The first-order valence-corrected chi connectivity index (χ1v) is 6.89. The number of halogens is 1. The molecule has 2 aliphatic carbocycles. The van der Waals surface area contributed by atoms with Gasteiger partial charge in [-0.2, -0.15) is 0 Å². The van der Waals surface area contributed by atoms with Gasteiger partial charge in [-0.3, -0.25) is 4.79 Å². The number of carboxylic acids is 1. The normalized spacial score (nSPS) is 30.4. The van der Waals surface area contributed by atoms with Crippen LogP contribution in [0.2, 0.25) is 5.02 Å². The summed E-state index contributed by atoms with van der Waals surface area (Å²) in [5.41, 5.74) is 0.575. The van der Waals surface area contributed by atoms with Gasteiger partial charge in [-0.25, -0.2) is 0 Å². The standard InChI is InChI=1S/C15H14ClNO3/c16-10-2-1-3-11(7-10)17-14(18)12-8-4-5-9(6-8)13(12)15(19)20/h1-5,7-9,12-13H,6H2,(H,17,18)(H,19,20)/p-1/t8-,9+,12+,13+/m1/s1. The summed E-state index contributed by atoms with van der Waals surface area (Å²) in [6.07, 6.45) is 4.53. The molecule has 1 aromatic carbocycles. The largest absolute Gasteiger partial charge is 0.550 e. The van der Waals surface area contributed by atoms with Gasteiger partial charge < -0.3 is 15.2 Å².